The molecule has 0 unspecified atom stereocenters. The maximum absolute atomic E-state index is 6.13. The molecule has 0 fully saturated rings. The number of hydrogen-bond donors (Lipinski definition) is 1. The molecule has 2 aromatic heterocycles. The lowest BCUT2D eigenvalue weighted by atomic mass is 10.1. The standard InChI is InChI=1S/C13H15N5/c1-8(2)11(14)13-17-16-12-10-6-4-3-5-9(10)7-15-18(12)13/h3-8,11H,14H2,1-2H3/t11-/m0/s1. The maximum atomic E-state index is 6.13. The molecule has 0 amide bonds. The van der Waals surface area contributed by atoms with Crippen LogP contribution in [0.5, 0.6) is 0 Å². The van der Waals surface area contributed by atoms with Crippen LogP contribution in [0.25, 0.3) is 16.4 Å². The Morgan fingerprint density at radius 1 is 1.17 bits per heavy atom. The van der Waals surface area contributed by atoms with Gasteiger partial charge in [0.15, 0.2) is 11.5 Å². The molecule has 1 aromatic carbocycles. The van der Waals surface area contributed by atoms with Gasteiger partial charge in [0.1, 0.15) is 0 Å². The summed E-state index contributed by atoms with van der Waals surface area (Å²) in [4.78, 5) is 0. The zero-order valence-corrected chi connectivity index (χ0v) is 10.4. The lowest BCUT2D eigenvalue weighted by Gasteiger charge is -2.12. The summed E-state index contributed by atoms with van der Waals surface area (Å²) in [5.41, 5.74) is 6.89. The molecule has 92 valence electrons. The number of rotatable bonds is 2. The maximum Gasteiger partial charge on any atom is 0.185 e. The van der Waals surface area contributed by atoms with Crippen molar-refractivity contribution in [3.05, 3.63) is 36.3 Å². The van der Waals surface area contributed by atoms with E-state index in [9.17, 15) is 0 Å². The van der Waals surface area contributed by atoms with Gasteiger partial charge in [0.05, 0.1) is 12.2 Å². The minimum atomic E-state index is -0.159. The summed E-state index contributed by atoms with van der Waals surface area (Å²) < 4.78 is 1.74. The Bertz CT molecular complexity index is 701. The molecule has 0 aliphatic rings. The van der Waals surface area contributed by atoms with Gasteiger partial charge in [-0.25, -0.2) is 0 Å². The molecule has 0 aliphatic heterocycles. The Morgan fingerprint density at radius 3 is 2.72 bits per heavy atom. The molecule has 2 N–H and O–H groups in total. The first kappa shape index (κ1) is 11.1. The number of hydrogen-bond acceptors (Lipinski definition) is 4. The van der Waals surface area contributed by atoms with Gasteiger partial charge in [0.25, 0.3) is 0 Å². The number of aromatic nitrogens is 4. The van der Waals surface area contributed by atoms with Gasteiger partial charge in [-0.05, 0) is 5.92 Å². The van der Waals surface area contributed by atoms with E-state index in [4.69, 9.17) is 5.73 Å². The Morgan fingerprint density at radius 2 is 1.94 bits per heavy atom. The van der Waals surface area contributed by atoms with Crippen LogP contribution < -0.4 is 5.73 Å². The predicted molar refractivity (Wildman–Crippen MR) is 70.1 cm³/mol. The predicted octanol–water partition coefficient (Wildman–Crippen LogP) is 1.93. The van der Waals surface area contributed by atoms with Crippen LogP contribution >= 0.6 is 0 Å². The summed E-state index contributed by atoms with van der Waals surface area (Å²) in [5, 5.41) is 14.9. The van der Waals surface area contributed by atoms with Gasteiger partial charge in [-0.1, -0.05) is 38.1 Å². The van der Waals surface area contributed by atoms with Gasteiger partial charge in [-0.2, -0.15) is 9.61 Å². The molecule has 3 aromatic rings. The number of benzene rings is 1. The first-order chi connectivity index (χ1) is 8.68. The molecule has 0 radical (unpaired) electrons. The molecule has 2 heterocycles. The van der Waals surface area contributed by atoms with Gasteiger partial charge >= 0.3 is 0 Å². The van der Waals surface area contributed by atoms with Crippen LogP contribution in [0, 0.1) is 5.92 Å². The Hall–Kier alpha value is -2.01. The minimum Gasteiger partial charge on any atom is -0.321 e. The lowest BCUT2D eigenvalue weighted by molar-refractivity contribution is 0.480. The zero-order chi connectivity index (χ0) is 12.7. The van der Waals surface area contributed by atoms with Crippen LogP contribution in [0.2, 0.25) is 0 Å². The molecule has 0 bridgehead atoms. The van der Waals surface area contributed by atoms with E-state index in [-0.39, 0.29) is 6.04 Å². The van der Waals surface area contributed by atoms with Gasteiger partial charge in [0.2, 0.25) is 0 Å². The fourth-order valence-electron chi connectivity index (χ4n) is 2.01. The van der Waals surface area contributed by atoms with Gasteiger partial charge in [0, 0.05) is 10.8 Å². The van der Waals surface area contributed by atoms with E-state index in [0.29, 0.717) is 11.7 Å². The van der Waals surface area contributed by atoms with E-state index in [1.165, 1.54) is 0 Å². The summed E-state index contributed by atoms with van der Waals surface area (Å²) in [6.07, 6.45) is 1.82. The third-order valence-electron chi connectivity index (χ3n) is 3.20. The lowest BCUT2D eigenvalue weighted by Crippen LogP contribution is -2.20. The normalized spacial score (nSPS) is 13.6. The van der Waals surface area contributed by atoms with E-state index in [0.717, 1.165) is 16.4 Å². The zero-order valence-electron chi connectivity index (χ0n) is 10.4. The summed E-state index contributed by atoms with van der Waals surface area (Å²) in [7, 11) is 0. The molecule has 5 heteroatoms. The summed E-state index contributed by atoms with van der Waals surface area (Å²) >= 11 is 0. The van der Waals surface area contributed by atoms with E-state index in [2.05, 4.69) is 29.1 Å². The van der Waals surface area contributed by atoms with Crippen LogP contribution in [0.3, 0.4) is 0 Å². The van der Waals surface area contributed by atoms with Crippen molar-refractivity contribution in [2.75, 3.05) is 0 Å². The van der Waals surface area contributed by atoms with Crippen molar-refractivity contribution in [2.24, 2.45) is 11.7 Å². The van der Waals surface area contributed by atoms with Crippen LogP contribution in [-0.4, -0.2) is 19.8 Å². The Balaban J connectivity index is 2.29. The summed E-state index contributed by atoms with van der Waals surface area (Å²) in [6, 6.07) is 7.84. The van der Waals surface area contributed by atoms with E-state index in [1.807, 2.05) is 30.5 Å². The third kappa shape index (κ3) is 1.55. The largest absolute Gasteiger partial charge is 0.321 e. The summed E-state index contributed by atoms with van der Waals surface area (Å²) in [5.74, 6) is 1.01. The highest BCUT2D eigenvalue weighted by Crippen LogP contribution is 2.21. The molecule has 3 rings (SSSR count). The second-order valence-corrected chi connectivity index (χ2v) is 4.80. The second-order valence-electron chi connectivity index (χ2n) is 4.80. The van der Waals surface area contributed by atoms with Crippen LogP contribution in [0.1, 0.15) is 25.7 Å². The molecule has 0 saturated carbocycles. The average Bonchev–Trinajstić information content (AvgIpc) is 2.81. The van der Waals surface area contributed by atoms with E-state index in [1.54, 1.807) is 4.52 Å². The quantitative estimate of drug-likeness (QED) is 0.744. The van der Waals surface area contributed by atoms with Gasteiger partial charge in [-0.3, -0.25) is 0 Å². The number of nitrogens with zero attached hydrogens (tertiary/aromatic N) is 4. The smallest absolute Gasteiger partial charge is 0.185 e. The van der Waals surface area contributed by atoms with Crippen LogP contribution in [0.15, 0.2) is 30.5 Å². The van der Waals surface area contributed by atoms with Crippen molar-refractivity contribution < 1.29 is 0 Å². The SMILES string of the molecule is CC(C)[C@H](N)c1nnc2c3ccccc3cnn12. The Kier molecular flexibility index (Phi) is 2.48. The van der Waals surface area contributed by atoms with Crippen LogP contribution in [0.4, 0.5) is 0 Å². The molecular formula is C13H15N5. The van der Waals surface area contributed by atoms with E-state index >= 15 is 0 Å². The van der Waals surface area contributed by atoms with Crippen molar-refractivity contribution in [3.8, 4) is 0 Å². The summed E-state index contributed by atoms with van der Waals surface area (Å²) in [6.45, 7) is 4.12. The van der Waals surface area contributed by atoms with Crippen molar-refractivity contribution >= 4 is 16.4 Å². The van der Waals surface area contributed by atoms with E-state index < -0.39 is 0 Å². The van der Waals surface area contributed by atoms with Crippen molar-refractivity contribution in [1.29, 1.82) is 0 Å². The molecule has 0 spiro atoms. The van der Waals surface area contributed by atoms with Crippen molar-refractivity contribution in [1.82, 2.24) is 19.8 Å². The van der Waals surface area contributed by atoms with Crippen molar-refractivity contribution in [3.63, 3.8) is 0 Å². The Labute approximate surface area is 105 Å². The topological polar surface area (TPSA) is 69.1 Å². The molecule has 18 heavy (non-hydrogen) atoms. The minimum absolute atomic E-state index is 0.159. The number of fused-ring (bicyclic) bond motifs is 3. The second kappa shape index (κ2) is 4.03. The fourth-order valence-corrected chi connectivity index (χ4v) is 2.01. The highest BCUT2D eigenvalue weighted by molar-refractivity contribution is 5.92. The molecule has 5 nitrogen and oxygen atoms in total. The van der Waals surface area contributed by atoms with Crippen molar-refractivity contribution in [2.45, 2.75) is 19.9 Å². The highest BCUT2D eigenvalue weighted by Gasteiger charge is 2.18. The first-order valence-electron chi connectivity index (χ1n) is 6.03. The van der Waals surface area contributed by atoms with Gasteiger partial charge in [-0.15, -0.1) is 10.2 Å². The average molecular weight is 241 g/mol. The van der Waals surface area contributed by atoms with Gasteiger partial charge < -0.3 is 5.73 Å². The third-order valence-corrected chi connectivity index (χ3v) is 3.20. The fraction of sp³-hybridized carbons (Fsp3) is 0.308. The molecular weight excluding hydrogens is 226 g/mol. The van der Waals surface area contributed by atoms with Crippen LogP contribution in [-0.2, 0) is 0 Å². The number of nitrogens with two attached hydrogens (primary N) is 1. The highest BCUT2D eigenvalue weighted by atomic mass is 15.4. The molecule has 1 atom stereocenters. The molecule has 0 aliphatic carbocycles. The monoisotopic (exact) mass is 241 g/mol. The first-order valence-corrected chi connectivity index (χ1v) is 6.03. The molecule has 0 saturated heterocycles.